The maximum absolute atomic E-state index is 13.0. The van der Waals surface area contributed by atoms with Gasteiger partial charge < -0.3 is 10.1 Å². The Hall–Kier alpha value is -1.45. The lowest BCUT2D eigenvalue weighted by Gasteiger charge is -2.26. The van der Waals surface area contributed by atoms with Crippen LogP contribution in [0.2, 0.25) is 0 Å². The molecule has 1 aliphatic heterocycles. The summed E-state index contributed by atoms with van der Waals surface area (Å²) in [5.74, 6) is -0.937. The van der Waals surface area contributed by atoms with E-state index in [9.17, 15) is 13.2 Å². The minimum absolute atomic E-state index is 0.196. The van der Waals surface area contributed by atoms with Crippen LogP contribution in [0.5, 0.6) is 0 Å². The van der Waals surface area contributed by atoms with Gasteiger partial charge in [0.2, 0.25) is 5.82 Å². The molecule has 5 nitrogen and oxygen atoms in total. The molecule has 0 spiro atoms. The molecular weight excluding hydrogens is 389 g/mol. The van der Waals surface area contributed by atoms with Gasteiger partial charge in [-0.15, -0.1) is 0 Å². The van der Waals surface area contributed by atoms with E-state index >= 15 is 0 Å². The van der Waals surface area contributed by atoms with Gasteiger partial charge in [0.15, 0.2) is 0 Å². The predicted octanol–water partition coefficient (Wildman–Crippen LogP) is 3.16. The third-order valence-corrected chi connectivity index (χ3v) is 4.23. The average molecular weight is 405 g/mol. The van der Waals surface area contributed by atoms with Gasteiger partial charge in [0.1, 0.15) is 5.82 Å². The number of fused-ring (bicyclic) bond motifs is 1. The van der Waals surface area contributed by atoms with Crippen molar-refractivity contribution in [2.75, 3.05) is 44.7 Å². The zero-order valence-electron chi connectivity index (χ0n) is 12.7. The van der Waals surface area contributed by atoms with Gasteiger partial charge in [-0.25, -0.2) is 9.97 Å². The summed E-state index contributed by atoms with van der Waals surface area (Å²) in [6.45, 7) is 4.22. The summed E-state index contributed by atoms with van der Waals surface area (Å²) in [6, 6.07) is 4.92. The minimum atomic E-state index is -4.58. The molecule has 0 aliphatic carbocycles. The number of anilines is 1. The molecule has 0 bridgehead atoms. The fourth-order valence-electron chi connectivity index (χ4n) is 2.52. The van der Waals surface area contributed by atoms with E-state index in [4.69, 9.17) is 4.74 Å². The molecule has 1 aliphatic rings. The van der Waals surface area contributed by atoms with Gasteiger partial charge in [-0.05, 0) is 18.2 Å². The van der Waals surface area contributed by atoms with Crippen molar-refractivity contribution >= 4 is 32.7 Å². The lowest BCUT2D eigenvalue weighted by molar-refractivity contribution is -0.144. The molecular formula is C15H16BrF3N4O. The zero-order valence-corrected chi connectivity index (χ0v) is 14.3. The second-order valence-electron chi connectivity index (χ2n) is 5.44. The van der Waals surface area contributed by atoms with Gasteiger partial charge in [-0.1, -0.05) is 15.9 Å². The number of hydrogen-bond acceptors (Lipinski definition) is 5. The minimum Gasteiger partial charge on any atom is -0.379 e. The Balaban J connectivity index is 1.82. The SMILES string of the molecule is FC(F)(F)c1nc(NCCN2CCOCC2)c2cc(Br)ccc2n1. The van der Waals surface area contributed by atoms with Crippen LogP contribution < -0.4 is 5.32 Å². The molecule has 1 N–H and O–H groups in total. The Morgan fingerprint density at radius 3 is 2.67 bits per heavy atom. The topological polar surface area (TPSA) is 50.3 Å². The number of nitrogens with one attached hydrogen (secondary N) is 1. The van der Waals surface area contributed by atoms with E-state index in [0.29, 0.717) is 31.7 Å². The first-order valence-electron chi connectivity index (χ1n) is 7.52. The Bertz CT molecular complexity index is 720. The molecule has 2 aromatic rings. The summed E-state index contributed by atoms with van der Waals surface area (Å²) in [6.07, 6.45) is -4.58. The summed E-state index contributed by atoms with van der Waals surface area (Å²) >= 11 is 3.33. The summed E-state index contributed by atoms with van der Waals surface area (Å²) in [4.78, 5) is 9.50. The van der Waals surface area contributed by atoms with Crippen LogP contribution in [-0.4, -0.2) is 54.3 Å². The molecule has 9 heteroatoms. The molecule has 130 valence electrons. The highest BCUT2D eigenvalue weighted by Crippen LogP contribution is 2.31. The number of halogens is 4. The molecule has 2 heterocycles. The predicted molar refractivity (Wildman–Crippen MR) is 88.0 cm³/mol. The lowest BCUT2D eigenvalue weighted by Crippen LogP contribution is -2.39. The van der Waals surface area contributed by atoms with Crippen molar-refractivity contribution in [3.05, 3.63) is 28.5 Å². The van der Waals surface area contributed by atoms with Crippen LogP contribution in [0.4, 0.5) is 19.0 Å². The monoisotopic (exact) mass is 404 g/mol. The van der Waals surface area contributed by atoms with Gasteiger partial charge in [-0.2, -0.15) is 13.2 Å². The van der Waals surface area contributed by atoms with E-state index in [1.165, 1.54) is 0 Å². The molecule has 0 radical (unpaired) electrons. The molecule has 24 heavy (non-hydrogen) atoms. The highest BCUT2D eigenvalue weighted by atomic mass is 79.9. The van der Waals surface area contributed by atoms with Crippen molar-refractivity contribution in [2.45, 2.75) is 6.18 Å². The average Bonchev–Trinajstić information content (AvgIpc) is 2.55. The molecule has 1 aromatic carbocycles. The second kappa shape index (κ2) is 7.20. The number of hydrogen-bond donors (Lipinski definition) is 1. The Kier molecular flexibility index (Phi) is 5.21. The summed E-state index contributed by atoms with van der Waals surface area (Å²) in [7, 11) is 0. The highest BCUT2D eigenvalue weighted by molar-refractivity contribution is 9.10. The van der Waals surface area contributed by atoms with Crippen LogP contribution in [0.15, 0.2) is 22.7 Å². The molecule has 0 atom stereocenters. The van der Waals surface area contributed by atoms with Crippen LogP contribution in [-0.2, 0) is 10.9 Å². The van der Waals surface area contributed by atoms with Crippen molar-refractivity contribution in [1.29, 1.82) is 0 Å². The largest absolute Gasteiger partial charge is 0.451 e. The maximum atomic E-state index is 13.0. The van der Waals surface area contributed by atoms with Crippen LogP contribution in [0.1, 0.15) is 5.82 Å². The number of ether oxygens (including phenoxy) is 1. The zero-order chi connectivity index (χ0) is 17.2. The molecule has 0 unspecified atom stereocenters. The van der Waals surface area contributed by atoms with Gasteiger partial charge in [0, 0.05) is 36.0 Å². The van der Waals surface area contributed by atoms with Gasteiger partial charge in [0.05, 0.1) is 18.7 Å². The van der Waals surface area contributed by atoms with Gasteiger partial charge >= 0.3 is 6.18 Å². The van der Waals surface area contributed by atoms with Crippen LogP contribution in [0.3, 0.4) is 0 Å². The maximum Gasteiger partial charge on any atom is 0.451 e. The lowest BCUT2D eigenvalue weighted by atomic mass is 10.2. The van der Waals surface area contributed by atoms with E-state index in [1.54, 1.807) is 18.2 Å². The number of alkyl halides is 3. The molecule has 1 fully saturated rings. The Morgan fingerprint density at radius 1 is 1.21 bits per heavy atom. The first-order valence-corrected chi connectivity index (χ1v) is 8.31. The summed E-state index contributed by atoms with van der Waals surface area (Å²) in [5.41, 5.74) is 0.259. The van der Waals surface area contributed by atoms with Crippen molar-refractivity contribution in [3.8, 4) is 0 Å². The number of rotatable bonds is 4. The molecule has 1 aromatic heterocycles. The number of nitrogens with zero attached hydrogens (tertiary/aromatic N) is 3. The second-order valence-corrected chi connectivity index (χ2v) is 6.35. The highest BCUT2D eigenvalue weighted by Gasteiger charge is 2.35. The third kappa shape index (κ3) is 4.14. The van der Waals surface area contributed by atoms with E-state index < -0.39 is 12.0 Å². The molecule has 1 saturated heterocycles. The van der Waals surface area contributed by atoms with Crippen LogP contribution >= 0.6 is 15.9 Å². The van der Waals surface area contributed by atoms with E-state index in [0.717, 1.165) is 17.6 Å². The number of aromatic nitrogens is 2. The summed E-state index contributed by atoms with van der Waals surface area (Å²) in [5, 5.41) is 3.58. The van der Waals surface area contributed by atoms with E-state index in [-0.39, 0.29) is 11.3 Å². The van der Waals surface area contributed by atoms with Gasteiger partial charge in [-0.3, -0.25) is 4.90 Å². The first-order chi connectivity index (χ1) is 11.4. The van der Waals surface area contributed by atoms with Crippen molar-refractivity contribution in [1.82, 2.24) is 14.9 Å². The van der Waals surface area contributed by atoms with Crippen molar-refractivity contribution in [2.24, 2.45) is 0 Å². The van der Waals surface area contributed by atoms with Crippen LogP contribution in [0, 0.1) is 0 Å². The van der Waals surface area contributed by atoms with E-state index in [1.807, 2.05) is 0 Å². The Labute approximate surface area is 145 Å². The molecule has 0 saturated carbocycles. The Morgan fingerprint density at radius 2 is 1.96 bits per heavy atom. The van der Waals surface area contributed by atoms with E-state index in [2.05, 4.69) is 36.1 Å². The quantitative estimate of drug-likeness (QED) is 0.847. The fraction of sp³-hybridized carbons (Fsp3) is 0.467. The summed E-state index contributed by atoms with van der Waals surface area (Å²) < 4.78 is 45.0. The standard InChI is InChI=1S/C15H16BrF3N4O/c16-10-1-2-12-11(9-10)13(22-14(21-12)15(17,18)19)20-3-4-23-5-7-24-8-6-23/h1-2,9H,3-8H2,(H,20,21,22). The molecule has 0 amide bonds. The van der Waals surface area contributed by atoms with Crippen LogP contribution in [0.25, 0.3) is 10.9 Å². The third-order valence-electron chi connectivity index (χ3n) is 3.74. The number of benzene rings is 1. The van der Waals surface area contributed by atoms with Crippen molar-refractivity contribution in [3.63, 3.8) is 0 Å². The van der Waals surface area contributed by atoms with Gasteiger partial charge in [0.25, 0.3) is 0 Å². The normalized spacial score (nSPS) is 16.5. The van der Waals surface area contributed by atoms with Crippen molar-refractivity contribution < 1.29 is 17.9 Å². The molecule has 3 rings (SSSR count). The number of morpholine rings is 1. The first kappa shape index (κ1) is 17.4. The smallest absolute Gasteiger partial charge is 0.379 e. The fourth-order valence-corrected chi connectivity index (χ4v) is 2.88.